The molecule has 0 aliphatic rings. The number of primary amides is 1. The smallest absolute Gasteiger partial charge is 0.408 e. The van der Waals surface area contributed by atoms with Crippen molar-refractivity contribution in [3.8, 4) is 0 Å². The molecule has 4 amide bonds. The van der Waals surface area contributed by atoms with Gasteiger partial charge in [0, 0.05) is 18.7 Å². The highest BCUT2D eigenvalue weighted by molar-refractivity contribution is 6.00. The topological polar surface area (TPSA) is 131 Å². The summed E-state index contributed by atoms with van der Waals surface area (Å²) in [5.74, 6) is -1.44. The normalized spacial score (nSPS) is 12.6. The molecule has 0 heterocycles. The average molecular weight is 609 g/mol. The van der Waals surface area contributed by atoms with Crippen molar-refractivity contribution in [2.45, 2.75) is 118 Å². The standard InChI is InChI=1S/C35H52N4O5/c1-8-9-10-11-12-13-22-39(33(42)28(20-21-29(36)40)37-34(43)44-35(5,6)7)31(27-19-14-16-24(2)23-27)32(41)38-30-25(3)17-15-18-26(30)4/h14-19,23,28,31H,8-13,20-22H2,1-7H3,(H2,36,40)(H,37,43)(H,38,41). The van der Waals surface area contributed by atoms with Crippen LogP contribution in [0.1, 0.15) is 107 Å². The Labute approximate surface area is 263 Å². The number of nitrogens with zero attached hydrogens (tertiary/aromatic N) is 1. The number of nitrogens with one attached hydrogen (secondary N) is 2. The summed E-state index contributed by atoms with van der Waals surface area (Å²) in [6.07, 6.45) is 4.99. The first-order chi connectivity index (χ1) is 20.7. The molecule has 44 heavy (non-hydrogen) atoms. The lowest BCUT2D eigenvalue weighted by Crippen LogP contribution is -2.53. The number of aryl methyl sites for hydroxylation is 3. The number of alkyl carbamates (subject to hydrolysis) is 1. The first-order valence-corrected chi connectivity index (χ1v) is 15.8. The zero-order chi connectivity index (χ0) is 32.9. The van der Waals surface area contributed by atoms with Crippen LogP contribution in [0.5, 0.6) is 0 Å². The van der Waals surface area contributed by atoms with Gasteiger partial charge in [0.25, 0.3) is 5.91 Å². The van der Waals surface area contributed by atoms with Crippen LogP contribution < -0.4 is 16.4 Å². The van der Waals surface area contributed by atoms with Crippen LogP contribution in [0, 0.1) is 20.8 Å². The summed E-state index contributed by atoms with van der Waals surface area (Å²) in [7, 11) is 0. The molecule has 2 aromatic rings. The summed E-state index contributed by atoms with van der Waals surface area (Å²) in [5, 5.41) is 5.75. The number of hydrogen-bond donors (Lipinski definition) is 3. The molecule has 0 aliphatic carbocycles. The number of carbonyl (C=O) groups excluding carboxylic acids is 4. The summed E-state index contributed by atoms with van der Waals surface area (Å²) in [6.45, 7) is 13.4. The van der Waals surface area contributed by atoms with Gasteiger partial charge in [-0.05, 0) is 71.1 Å². The molecule has 0 fully saturated rings. The van der Waals surface area contributed by atoms with Gasteiger partial charge in [0.2, 0.25) is 11.8 Å². The molecule has 2 rings (SSSR count). The number of nitrogens with two attached hydrogens (primary N) is 1. The van der Waals surface area contributed by atoms with E-state index in [9.17, 15) is 19.2 Å². The number of carbonyl (C=O) groups is 4. The van der Waals surface area contributed by atoms with Gasteiger partial charge in [-0.2, -0.15) is 0 Å². The maximum atomic E-state index is 14.4. The van der Waals surface area contributed by atoms with Crippen molar-refractivity contribution in [3.63, 3.8) is 0 Å². The van der Waals surface area contributed by atoms with Crippen molar-refractivity contribution in [2.75, 3.05) is 11.9 Å². The van der Waals surface area contributed by atoms with Gasteiger partial charge in [0.15, 0.2) is 0 Å². The molecule has 4 N–H and O–H groups in total. The predicted octanol–water partition coefficient (Wildman–Crippen LogP) is 6.64. The molecule has 242 valence electrons. The molecule has 0 spiro atoms. The number of para-hydroxylation sites is 1. The second-order valence-corrected chi connectivity index (χ2v) is 12.6. The third-order valence-corrected chi connectivity index (χ3v) is 7.35. The fourth-order valence-corrected chi connectivity index (χ4v) is 5.14. The third kappa shape index (κ3) is 12.0. The van der Waals surface area contributed by atoms with E-state index in [0.717, 1.165) is 48.8 Å². The van der Waals surface area contributed by atoms with Gasteiger partial charge in [-0.15, -0.1) is 0 Å². The predicted molar refractivity (Wildman–Crippen MR) is 175 cm³/mol. The Morgan fingerprint density at radius 3 is 2.11 bits per heavy atom. The highest BCUT2D eigenvalue weighted by Gasteiger charge is 2.36. The molecule has 0 aliphatic heterocycles. The Bertz CT molecular complexity index is 1250. The van der Waals surface area contributed by atoms with E-state index in [1.54, 1.807) is 25.7 Å². The van der Waals surface area contributed by atoms with E-state index in [4.69, 9.17) is 10.5 Å². The van der Waals surface area contributed by atoms with Crippen molar-refractivity contribution < 1.29 is 23.9 Å². The maximum absolute atomic E-state index is 14.4. The number of amides is 4. The van der Waals surface area contributed by atoms with E-state index in [1.807, 2.05) is 63.2 Å². The Morgan fingerprint density at radius 2 is 1.52 bits per heavy atom. The van der Waals surface area contributed by atoms with Crippen molar-refractivity contribution in [3.05, 3.63) is 64.7 Å². The summed E-state index contributed by atoms with van der Waals surface area (Å²) >= 11 is 0. The van der Waals surface area contributed by atoms with Crippen LogP contribution in [-0.4, -0.2) is 46.9 Å². The third-order valence-electron chi connectivity index (χ3n) is 7.35. The molecule has 2 aromatic carbocycles. The van der Waals surface area contributed by atoms with E-state index in [0.29, 0.717) is 17.7 Å². The fraction of sp³-hybridized carbons (Fsp3) is 0.543. The summed E-state index contributed by atoms with van der Waals surface area (Å²) in [4.78, 5) is 54.8. The molecule has 0 saturated carbocycles. The summed E-state index contributed by atoms with van der Waals surface area (Å²) < 4.78 is 5.44. The molecule has 9 nitrogen and oxygen atoms in total. The van der Waals surface area contributed by atoms with Gasteiger partial charge in [0.05, 0.1) is 0 Å². The lowest BCUT2D eigenvalue weighted by Gasteiger charge is -2.35. The zero-order valence-corrected chi connectivity index (χ0v) is 27.6. The minimum atomic E-state index is -1.13. The first kappa shape index (κ1) is 36.3. The number of ether oxygens (including phenoxy) is 1. The number of hydrogen-bond acceptors (Lipinski definition) is 5. The van der Waals surface area contributed by atoms with Crippen molar-refractivity contribution >= 4 is 29.5 Å². The number of anilines is 1. The minimum Gasteiger partial charge on any atom is -0.444 e. The van der Waals surface area contributed by atoms with Crippen LogP contribution in [0.2, 0.25) is 0 Å². The van der Waals surface area contributed by atoms with Gasteiger partial charge >= 0.3 is 6.09 Å². The van der Waals surface area contributed by atoms with E-state index in [2.05, 4.69) is 17.6 Å². The van der Waals surface area contributed by atoms with E-state index in [1.165, 1.54) is 0 Å². The quantitative estimate of drug-likeness (QED) is 0.184. The summed E-state index contributed by atoms with van der Waals surface area (Å²) in [5.41, 5.74) is 8.74. The molecule has 2 atom stereocenters. The van der Waals surface area contributed by atoms with Crippen molar-refractivity contribution in [1.82, 2.24) is 10.2 Å². The lowest BCUT2D eigenvalue weighted by molar-refractivity contribution is -0.141. The van der Waals surface area contributed by atoms with Gasteiger partial charge in [-0.25, -0.2) is 4.79 Å². The Kier molecular flexibility index (Phi) is 14.4. The zero-order valence-electron chi connectivity index (χ0n) is 27.6. The lowest BCUT2D eigenvalue weighted by atomic mass is 9.98. The highest BCUT2D eigenvalue weighted by Crippen LogP contribution is 2.28. The Hall–Kier alpha value is -3.88. The minimum absolute atomic E-state index is 0.0283. The molecule has 0 bridgehead atoms. The number of benzene rings is 2. The number of rotatable bonds is 16. The Balaban J connectivity index is 2.57. The Morgan fingerprint density at radius 1 is 0.909 bits per heavy atom. The second kappa shape index (κ2) is 17.4. The van der Waals surface area contributed by atoms with E-state index in [-0.39, 0.29) is 25.3 Å². The van der Waals surface area contributed by atoms with Crippen LogP contribution in [0.15, 0.2) is 42.5 Å². The van der Waals surface area contributed by atoms with Gasteiger partial charge in [-0.1, -0.05) is 87.1 Å². The highest BCUT2D eigenvalue weighted by atomic mass is 16.6. The van der Waals surface area contributed by atoms with Crippen LogP contribution in [0.3, 0.4) is 0 Å². The molecular formula is C35H52N4O5. The van der Waals surface area contributed by atoms with E-state index < -0.39 is 35.6 Å². The molecular weight excluding hydrogens is 556 g/mol. The van der Waals surface area contributed by atoms with Crippen molar-refractivity contribution in [1.29, 1.82) is 0 Å². The van der Waals surface area contributed by atoms with Crippen LogP contribution in [0.25, 0.3) is 0 Å². The van der Waals surface area contributed by atoms with Crippen molar-refractivity contribution in [2.24, 2.45) is 5.73 Å². The van der Waals surface area contributed by atoms with E-state index >= 15 is 0 Å². The van der Waals surface area contributed by atoms with Gasteiger partial charge < -0.3 is 26.0 Å². The van der Waals surface area contributed by atoms with Gasteiger partial charge in [-0.3, -0.25) is 14.4 Å². The monoisotopic (exact) mass is 608 g/mol. The van der Waals surface area contributed by atoms with Crippen LogP contribution >= 0.6 is 0 Å². The van der Waals surface area contributed by atoms with Crippen LogP contribution in [-0.2, 0) is 19.1 Å². The fourth-order valence-electron chi connectivity index (χ4n) is 5.14. The maximum Gasteiger partial charge on any atom is 0.408 e. The number of unbranched alkanes of at least 4 members (excludes halogenated alkanes) is 5. The first-order valence-electron chi connectivity index (χ1n) is 15.8. The summed E-state index contributed by atoms with van der Waals surface area (Å²) in [6, 6.07) is 11.2. The SMILES string of the molecule is CCCCCCCCN(C(=O)C(CCC(N)=O)NC(=O)OC(C)(C)C)C(C(=O)Nc1c(C)cccc1C)c1cccc(C)c1. The molecule has 0 radical (unpaired) electrons. The molecule has 0 aromatic heterocycles. The second-order valence-electron chi connectivity index (χ2n) is 12.6. The van der Waals surface area contributed by atoms with Crippen LogP contribution in [0.4, 0.5) is 10.5 Å². The largest absolute Gasteiger partial charge is 0.444 e. The van der Waals surface area contributed by atoms with Gasteiger partial charge in [0.1, 0.15) is 17.7 Å². The molecule has 2 unspecified atom stereocenters. The molecule has 0 saturated heterocycles. The average Bonchev–Trinajstić information content (AvgIpc) is 2.92. The molecule has 9 heteroatoms.